The lowest BCUT2D eigenvalue weighted by Crippen LogP contribution is -2.49. The van der Waals surface area contributed by atoms with Gasteiger partial charge in [0.1, 0.15) is 6.61 Å². The van der Waals surface area contributed by atoms with Crippen LogP contribution in [0.15, 0.2) is 42.5 Å². The molecule has 3 aliphatic heterocycles. The first-order valence-corrected chi connectivity index (χ1v) is 12.4. The molecule has 0 unspecified atom stereocenters. The number of ether oxygens (including phenoxy) is 2. The van der Waals surface area contributed by atoms with Crippen molar-refractivity contribution < 1.29 is 24.3 Å². The third-order valence-electron chi connectivity index (χ3n) is 7.10. The Labute approximate surface area is 210 Å². The lowest BCUT2D eigenvalue weighted by molar-refractivity contribution is -0.0586. The van der Waals surface area contributed by atoms with Crippen molar-refractivity contribution in [3.8, 4) is 0 Å². The number of carbonyl (C=O) groups excluding carboxylic acids is 2. The van der Waals surface area contributed by atoms with Crippen molar-refractivity contribution in [2.24, 2.45) is 0 Å². The minimum Gasteiger partial charge on any atom is -0.733 e. The van der Waals surface area contributed by atoms with Crippen LogP contribution in [0.1, 0.15) is 42.6 Å². The first kappa shape index (κ1) is 24.4. The number of piperidine rings is 1. The third-order valence-corrected chi connectivity index (χ3v) is 7.10. The molecule has 2 atom stereocenters. The summed E-state index contributed by atoms with van der Waals surface area (Å²) in [7, 11) is 0. The minimum atomic E-state index is -0.344. The van der Waals surface area contributed by atoms with Gasteiger partial charge in [-0.05, 0) is 51.0 Å². The van der Waals surface area contributed by atoms with E-state index in [1.54, 1.807) is 21.9 Å². The van der Waals surface area contributed by atoms with Gasteiger partial charge in [0.15, 0.2) is 0 Å². The summed E-state index contributed by atoms with van der Waals surface area (Å²) in [6, 6.07) is 12.5. The number of anilines is 3. The SMILES string of the molecule is C[C@@H]1CN(C(=O)c2ccc(N3CCC(N4C(=O)OCc5ccccc54)CC3)c(N([O-])O)c2)C[C@H](C)O1. The van der Waals surface area contributed by atoms with E-state index in [1.165, 1.54) is 6.07 Å². The van der Waals surface area contributed by atoms with Crippen LogP contribution in [0.5, 0.6) is 0 Å². The summed E-state index contributed by atoms with van der Waals surface area (Å²) in [5.41, 5.74) is 2.77. The maximum absolute atomic E-state index is 13.1. The average molecular weight is 496 g/mol. The number of fused-ring (bicyclic) bond motifs is 1. The summed E-state index contributed by atoms with van der Waals surface area (Å²) < 4.78 is 11.1. The lowest BCUT2D eigenvalue weighted by Gasteiger charge is -2.42. The number of rotatable bonds is 4. The zero-order valence-corrected chi connectivity index (χ0v) is 20.5. The van der Waals surface area contributed by atoms with Gasteiger partial charge < -0.3 is 29.7 Å². The molecular weight excluding hydrogens is 464 g/mol. The number of nitrogens with zero attached hydrogens (tertiary/aromatic N) is 4. The molecule has 0 spiro atoms. The standard InChI is InChI=1S/C26H31N4O6/c1-17-14-28(15-18(2)36-17)25(31)19-7-8-23(24(13-19)30(33)34)27-11-9-21(10-12-27)29-22-6-4-3-5-20(22)16-35-26(29)32/h3-8,13,17-18,21,33H,9-12,14-16H2,1-2H3/q-1/t17-,18+. The van der Waals surface area contributed by atoms with Gasteiger partial charge in [0.05, 0.1) is 29.3 Å². The number of cyclic esters (lactones) is 1. The van der Waals surface area contributed by atoms with E-state index < -0.39 is 0 Å². The molecule has 0 radical (unpaired) electrons. The van der Waals surface area contributed by atoms with E-state index in [-0.39, 0.29) is 47.8 Å². The van der Waals surface area contributed by atoms with Crippen molar-refractivity contribution in [1.29, 1.82) is 0 Å². The van der Waals surface area contributed by atoms with Crippen LogP contribution >= 0.6 is 0 Å². The summed E-state index contributed by atoms with van der Waals surface area (Å²) in [6.07, 6.45) is 0.837. The highest BCUT2D eigenvalue weighted by Crippen LogP contribution is 2.36. The maximum Gasteiger partial charge on any atom is 0.414 e. The molecule has 0 aromatic heterocycles. The second kappa shape index (κ2) is 9.96. The molecule has 0 aliphatic carbocycles. The molecule has 10 heteroatoms. The Kier molecular flexibility index (Phi) is 6.74. The van der Waals surface area contributed by atoms with Crippen LogP contribution in [0.2, 0.25) is 0 Å². The molecule has 10 nitrogen and oxygen atoms in total. The molecule has 2 aromatic carbocycles. The molecule has 2 fully saturated rings. The van der Waals surface area contributed by atoms with Gasteiger partial charge in [-0.3, -0.25) is 14.9 Å². The summed E-state index contributed by atoms with van der Waals surface area (Å²) in [4.78, 5) is 31.1. The van der Waals surface area contributed by atoms with E-state index in [0.29, 0.717) is 50.3 Å². The van der Waals surface area contributed by atoms with E-state index in [1.807, 2.05) is 43.0 Å². The van der Waals surface area contributed by atoms with Crippen molar-refractivity contribution in [3.05, 3.63) is 58.8 Å². The second-order valence-corrected chi connectivity index (χ2v) is 9.72. The molecular formula is C26H31N4O6-. The molecule has 0 saturated carbocycles. The van der Waals surface area contributed by atoms with E-state index in [4.69, 9.17) is 9.47 Å². The second-order valence-electron chi connectivity index (χ2n) is 9.72. The van der Waals surface area contributed by atoms with E-state index in [9.17, 15) is 20.0 Å². The molecule has 2 saturated heterocycles. The number of benzene rings is 2. The monoisotopic (exact) mass is 495 g/mol. The summed E-state index contributed by atoms with van der Waals surface area (Å²) in [5, 5.41) is 21.8. The van der Waals surface area contributed by atoms with Crippen molar-refractivity contribution in [3.63, 3.8) is 0 Å². The quantitative estimate of drug-likeness (QED) is 0.639. The van der Waals surface area contributed by atoms with Gasteiger partial charge in [0.2, 0.25) is 0 Å². The molecule has 2 aromatic rings. The van der Waals surface area contributed by atoms with Gasteiger partial charge in [0.25, 0.3) is 5.91 Å². The fourth-order valence-corrected chi connectivity index (χ4v) is 5.49. The normalized spacial score (nSPS) is 22.8. The minimum absolute atomic E-state index is 0.0244. The Balaban J connectivity index is 1.32. The van der Waals surface area contributed by atoms with Crippen molar-refractivity contribution >= 4 is 29.1 Å². The van der Waals surface area contributed by atoms with E-state index in [0.717, 1.165) is 11.3 Å². The molecule has 1 N–H and O–H groups in total. The highest BCUT2D eigenvalue weighted by atomic mass is 16.8. The summed E-state index contributed by atoms with van der Waals surface area (Å²) in [6.45, 7) is 6.20. The fraction of sp³-hybridized carbons (Fsp3) is 0.462. The molecule has 5 rings (SSSR count). The Bertz CT molecular complexity index is 1120. The van der Waals surface area contributed by atoms with Crippen molar-refractivity contribution in [1.82, 2.24) is 4.90 Å². The van der Waals surface area contributed by atoms with Gasteiger partial charge >= 0.3 is 6.09 Å². The Morgan fingerprint density at radius 2 is 1.75 bits per heavy atom. The number of hydrogen-bond acceptors (Lipinski definition) is 8. The highest BCUT2D eigenvalue weighted by molar-refractivity contribution is 5.96. The maximum atomic E-state index is 13.1. The van der Waals surface area contributed by atoms with Gasteiger partial charge in [-0.25, -0.2) is 4.79 Å². The summed E-state index contributed by atoms with van der Waals surface area (Å²) >= 11 is 0. The van der Waals surface area contributed by atoms with E-state index in [2.05, 4.69) is 0 Å². The molecule has 2 amide bonds. The van der Waals surface area contributed by atoms with Crippen molar-refractivity contribution in [2.75, 3.05) is 41.2 Å². The number of morpholine rings is 1. The van der Waals surface area contributed by atoms with Crippen LogP contribution in [-0.4, -0.2) is 66.5 Å². The number of amides is 2. The molecule has 3 aliphatic rings. The van der Waals surface area contributed by atoms with Crippen LogP contribution in [0.25, 0.3) is 0 Å². The van der Waals surface area contributed by atoms with Crippen molar-refractivity contribution in [2.45, 2.75) is 51.5 Å². The van der Waals surface area contributed by atoms with Gasteiger partial charge in [0, 0.05) is 43.3 Å². The largest absolute Gasteiger partial charge is 0.733 e. The number of para-hydroxylation sites is 1. The smallest absolute Gasteiger partial charge is 0.414 e. The van der Waals surface area contributed by atoms with Crippen LogP contribution in [0, 0.1) is 5.21 Å². The zero-order chi connectivity index (χ0) is 25.4. The molecule has 3 heterocycles. The topological polar surface area (TPSA) is 109 Å². The van der Waals surface area contributed by atoms with Crippen LogP contribution in [-0.2, 0) is 16.1 Å². The highest BCUT2D eigenvalue weighted by Gasteiger charge is 2.35. The number of carbonyl (C=O) groups is 2. The lowest BCUT2D eigenvalue weighted by atomic mass is 9.99. The Morgan fingerprint density at radius 1 is 1.06 bits per heavy atom. The zero-order valence-electron chi connectivity index (χ0n) is 20.5. The molecule has 192 valence electrons. The Hall–Kier alpha value is -3.34. The predicted molar refractivity (Wildman–Crippen MR) is 134 cm³/mol. The predicted octanol–water partition coefficient (Wildman–Crippen LogP) is 3.76. The first-order valence-electron chi connectivity index (χ1n) is 12.4. The fourth-order valence-electron chi connectivity index (χ4n) is 5.49. The van der Waals surface area contributed by atoms with Crippen LogP contribution in [0.4, 0.5) is 21.9 Å². The molecule has 0 bridgehead atoms. The molecule has 36 heavy (non-hydrogen) atoms. The first-order chi connectivity index (χ1) is 17.3. The third kappa shape index (κ3) is 4.71. The van der Waals surface area contributed by atoms with E-state index >= 15 is 0 Å². The van der Waals surface area contributed by atoms with Gasteiger partial charge in [-0.2, -0.15) is 0 Å². The number of hydrogen-bond donors (Lipinski definition) is 1. The Morgan fingerprint density at radius 3 is 2.44 bits per heavy atom. The summed E-state index contributed by atoms with van der Waals surface area (Å²) in [5.74, 6) is -0.201. The van der Waals surface area contributed by atoms with Gasteiger partial charge in [-0.15, -0.1) is 0 Å². The van der Waals surface area contributed by atoms with Gasteiger partial charge in [-0.1, -0.05) is 18.2 Å². The average Bonchev–Trinajstić information content (AvgIpc) is 2.87. The van der Waals surface area contributed by atoms with Crippen LogP contribution < -0.4 is 15.0 Å². The van der Waals surface area contributed by atoms with Crippen LogP contribution in [0.3, 0.4) is 0 Å².